The number of phenolic OH excluding ortho intramolecular Hbond substituents is 1. The van der Waals surface area contributed by atoms with Crippen LogP contribution in [0, 0.1) is 0 Å². The summed E-state index contributed by atoms with van der Waals surface area (Å²) in [6.07, 6.45) is 4.17. The summed E-state index contributed by atoms with van der Waals surface area (Å²) < 4.78 is 0. The number of carbonyl (C=O) groups is 1. The summed E-state index contributed by atoms with van der Waals surface area (Å²) in [5.74, 6) is 0.109. The number of benzene rings is 1. The molecule has 1 amide bonds. The molecule has 4 heteroatoms. The summed E-state index contributed by atoms with van der Waals surface area (Å²) in [4.78, 5) is 11.6. The van der Waals surface area contributed by atoms with Gasteiger partial charge in [0, 0.05) is 12.0 Å². The summed E-state index contributed by atoms with van der Waals surface area (Å²) in [6.45, 7) is 4.04. The Kier molecular flexibility index (Phi) is 6.64. The summed E-state index contributed by atoms with van der Waals surface area (Å²) >= 11 is 0. The van der Waals surface area contributed by atoms with Crippen molar-refractivity contribution < 1.29 is 9.90 Å². The molecule has 0 fully saturated rings. The van der Waals surface area contributed by atoms with E-state index >= 15 is 0 Å². The molecule has 0 aliphatic carbocycles. The normalized spacial score (nSPS) is 11.4. The van der Waals surface area contributed by atoms with Crippen molar-refractivity contribution in [3.05, 3.63) is 29.8 Å². The second-order valence-corrected chi connectivity index (χ2v) is 4.42. The zero-order chi connectivity index (χ0) is 14.1. The van der Waals surface area contributed by atoms with Crippen LogP contribution in [0.2, 0.25) is 0 Å². The first kappa shape index (κ1) is 15.2. The number of carbonyl (C=O) groups excluding carboxylic acids is 1. The van der Waals surface area contributed by atoms with Crippen molar-refractivity contribution in [2.45, 2.75) is 46.0 Å². The molecule has 0 saturated heterocycles. The second-order valence-electron chi connectivity index (χ2n) is 4.42. The molecule has 0 aliphatic heterocycles. The van der Waals surface area contributed by atoms with Crippen LogP contribution >= 0.6 is 0 Å². The van der Waals surface area contributed by atoms with Gasteiger partial charge in [0.05, 0.1) is 5.71 Å². The van der Waals surface area contributed by atoms with Crippen LogP contribution in [0.3, 0.4) is 0 Å². The van der Waals surface area contributed by atoms with Crippen molar-refractivity contribution in [3.8, 4) is 5.75 Å². The van der Waals surface area contributed by atoms with Gasteiger partial charge >= 0.3 is 0 Å². The van der Waals surface area contributed by atoms with Gasteiger partial charge in [-0.2, -0.15) is 5.10 Å². The zero-order valence-electron chi connectivity index (χ0n) is 11.6. The molecule has 4 nitrogen and oxygen atoms in total. The van der Waals surface area contributed by atoms with Crippen molar-refractivity contribution in [2.75, 3.05) is 0 Å². The summed E-state index contributed by atoms with van der Waals surface area (Å²) in [5.41, 5.74) is 3.90. The molecule has 19 heavy (non-hydrogen) atoms. The van der Waals surface area contributed by atoms with Crippen molar-refractivity contribution in [3.63, 3.8) is 0 Å². The van der Waals surface area contributed by atoms with E-state index in [4.69, 9.17) is 0 Å². The number of hydrazone groups is 1. The molecule has 0 aromatic heterocycles. The molecule has 0 bridgehead atoms. The van der Waals surface area contributed by atoms with E-state index in [-0.39, 0.29) is 11.7 Å². The largest absolute Gasteiger partial charge is 0.507 e. The van der Waals surface area contributed by atoms with Gasteiger partial charge in [-0.25, -0.2) is 5.43 Å². The third kappa shape index (κ3) is 5.12. The molecular weight excluding hydrogens is 240 g/mol. The lowest BCUT2D eigenvalue weighted by molar-refractivity contribution is -0.121. The lowest BCUT2D eigenvalue weighted by atomic mass is 10.1. The first-order valence-corrected chi connectivity index (χ1v) is 6.82. The number of phenols is 1. The maximum absolute atomic E-state index is 11.6. The van der Waals surface area contributed by atoms with Crippen LogP contribution in [-0.4, -0.2) is 16.7 Å². The van der Waals surface area contributed by atoms with Crippen LogP contribution in [-0.2, 0) is 4.79 Å². The van der Waals surface area contributed by atoms with Crippen LogP contribution in [0.25, 0.3) is 0 Å². The summed E-state index contributed by atoms with van der Waals surface area (Å²) in [7, 11) is 0. The van der Waals surface area contributed by atoms with Gasteiger partial charge in [-0.05, 0) is 25.0 Å². The van der Waals surface area contributed by atoms with Gasteiger partial charge in [-0.3, -0.25) is 4.79 Å². The quantitative estimate of drug-likeness (QED) is 0.450. The Hall–Kier alpha value is -1.84. The second kappa shape index (κ2) is 8.29. The standard InChI is InChI=1S/C15H22N2O2/c1-3-5-6-11-15(19)17-16-13(4-2)12-9-7-8-10-14(12)18/h7-10,18H,3-6,11H2,1-2H3,(H,17,19)/b16-13+. The van der Waals surface area contributed by atoms with Crippen LogP contribution in [0.5, 0.6) is 5.75 Å². The van der Waals surface area contributed by atoms with Gasteiger partial charge in [-0.1, -0.05) is 38.8 Å². The Morgan fingerprint density at radius 2 is 2.00 bits per heavy atom. The van der Waals surface area contributed by atoms with Gasteiger partial charge in [0.25, 0.3) is 0 Å². The molecule has 1 aromatic rings. The minimum Gasteiger partial charge on any atom is -0.507 e. The van der Waals surface area contributed by atoms with Crippen molar-refractivity contribution in [1.29, 1.82) is 0 Å². The van der Waals surface area contributed by atoms with E-state index in [1.165, 1.54) is 0 Å². The van der Waals surface area contributed by atoms with Gasteiger partial charge < -0.3 is 5.11 Å². The number of nitrogens with one attached hydrogen (secondary N) is 1. The predicted octanol–water partition coefficient (Wildman–Crippen LogP) is 3.20. The number of unbranched alkanes of at least 4 members (excludes halogenated alkanes) is 2. The van der Waals surface area contributed by atoms with E-state index in [9.17, 15) is 9.90 Å². The first-order chi connectivity index (χ1) is 9.19. The van der Waals surface area contributed by atoms with Crippen LogP contribution < -0.4 is 5.43 Å². The molecule has 104 valence electrons. The molecular formula is C15H22N2O2. The van der Waals surface area contributed by atoms with Gasteiger partial charge in [0.2, 0.25) is 5.91 Å². The van der Waals surface area contributed by atoms with E-state index in [2.05, 4.69) is 17.5 Å². The summed E-state index contributed by atoms with van der Waals surface area (Å²) in [5, 5.41) is 13.9. The average molecular weight is 262 g/mol. The highest BCUT2D eigenvalue weighted by atomic mass is 16.3. The average Bonchev–Trinajstić information content (AvgIpc) is 2.41. The van der Waals surface area contributed by atoms with E-state index in [1.54, 1.807) is 18.2 Å². The van der Waals surface area contributed by atoms with E-state index in [0.717, 1.165) is 19.3 Å². The Bertz CT molecular complexity index is 442. The first-order valence-electron chi connectivity index (χ1n) is 6.82. The molecule has 0 saturated carbocycles. The molecule has 1 rings (SSSR count). The number of hydrogen-bond acceptors (Lipinski definition) is 3. The third-order valence-electron chi connectivity index (χ3n) is 2.87. The van der Waals surface area contributed by atoms with Crippen LogP contribution in [0.15, 0.2) is 29.4 Å². The molecule has 0 radical (unpaired) electrons. The Morgan fingerprint density at radius 3 is 2.63 bits per heavy atom. The van der Waals surface area contributed by atoms with E-state index < -0.39 is 0 Å². The fraction of sp³-hybridized carbons (Fsp3) is 0.467. The number of aromatic hydroxyl groups is 1. The molecule has 2 N–H and O–H groups in total. The topological polar surface area (TPSA) is 61.7 Å². The van der Waals surface area contributed by atoms with Crippen LogP contribution in [0.1, 0.15) is 51.5 Å². The van der Waals surface area contributed by atoms with E-state index in [0.29, 0.717) is 24.1 Å². The highest BCUT2D eigenvalue weighted by Gasteiger charge is 2.07. The van der Waals surface area contributed by atoms with Crippen molar-refractivity contribution in [1.82, 2.24) is 5.43 Å². The predicted molar refractivity (Wildman–Crippen MR) is 77.2 cm³/mol. The van der Waals surface area contributed by atoms with Gasteiger partial charge in [0.1, 0.15) is 5.75 Å². The monoisotopic (exact) mass is 262 g/mol. The minimum absolute atomic E-state index is 0.0742. The minimum atomic E-state index is -0.0742. The van der Waals surface area contributed by atoms with E-state index in [1.807, 2.05) is 13.0 Å². The fourth-order valence-corrected chi connectivity index (χ4v) is 1.77. The lowest BCUT2D eigenvalue weighted by Gasteiger charge is -2.07. The molecule has 0 heterocycles. The number of rotatable bonds is 7. The van der Waals surface area contributed by atoms with Gasteiger partial charge in [0.15, 0.2) is 0 Å². The highest BCUT2D eigenvalue weighted by Crippen LogP contribution is 2.17. The number of nitrogens with zero attached hydrogens (tertiary/aromatic N) is 1. The van der Waals surface area contributed by atoms with Gasteiger partial charge in [-0.15, -0.1) is 0 Å². The number of amides is 1. The zero-order valence-corrected chi connectivity index (χ0v) is 11.6. The summed E-state index contributed by atoms with van der Waals surface area (Å²) in [6, 6.07) is 7.00. The maximum atomic E-state index is 11.6. The molecule has 1 aromatic carbocycles. The highest BCUT2D eigenvalue weighted by molar-refractivity contribution is 6.03. The Labute approximate surface area is 114 Å². The maximum Gasteiger partial charge on any atom is 0.240 e. The number of hydrogen-bond donors (Lipinski definition) is 2. The van der Waals surface area contributed by atoms with Crippen molar-refractivity contribution in [2.24, 2.45) is 5.10 Å². The van der Waals surface area contributed by atoms with Crippen LogP contribution in [0.4, 0.5) is 0 Å². The fourth-order valence-electron chi connectivity index (χ4n) is 1.77. The lowest BCUT2D eigenvalue weighted by Crippen LogP contribution is -2.19. The smallest absolute Gasteiger partial charge is 0.240 e. The molecule has 0 aliphatic rings. The Morgan fingerprint density at radius 1 is 1.26 bits per heavy atom. The Balaban J connectivity index is 2.63. The van der Waals surface area contributed by atoms with Crippen molar-refractivity contribution >= 4 is 11.6 Å². The molecule has 0 spiro atoms. The third-order valence-corrected chi connectivity index (χ3v) is 2.87. The molecule has 0 unspecified atom stereocenters. The SMILES string of the molecule is CCCCCC(=O)N/N=C(\CC)c1ccccc1O. The molecule has 0 atom stereocenters. The number of para-hydroxylation sites is 1.